The first kappa shape index (κ1) is 20.0. The number of aliphatic hydroxyl groups excluding tert-OH is 1. The molecule has 0 unspecified atom stereocenters. The molecule has 154 valence electrons. The summed E-state index contributed by atoms with van der Waals surface area (Å²) < 4.78 is 1.34. The van der Waals surface area contributed by atoms with Crippen molar-refractivity contribution in [3.63, 3.8) is 0 Å². The van der Waals surface area contributed by atoms with Gasteiger partial charge in [-0.3, -0.25) is 9.80 Å². The average molecular weight is 502 g/mol. The Bertz CT molecular complexity index is 861. The summed E-state index contributed by atoms with van der Waals surface area (Å²) in [5.74, 6) is 0. The maximum Gasteiger partial charge on any atom is 0.0720 e. The monoisotopic (exact) mass is 502 g/mol. The van der Waals surface area contributed by atoms with Gasteiger partial charge in [0.05, 0.1) is 6.10 Å². The van der Waals surface area contributed by atoms with Gasteiger partial charge in [-0.05, 0) is 96.0 Å². The summed E-state index contributed by atoms with van der Waals surface area (Å²) in [6, 6.07) is 18.1. The predicted octanol–water partition coefficient (Wildman–Crippen LogP) is 4.21. The molecule has 1 spiro atoms. The highest BCUT2D eigenvalue weighted by molar-refractivity contribution is 14.1. The van der Waals surface area contributed by atoms with Crippen molar-refractivity contribution < 1.29 is 5.11 Å². The lowest BCUT2D eigenvalue weighted by molar-refractivity contribution is -0.0285. The van der Waals surface area contributed by atoms with Crippen LogP contribution in [0.25, 0.3) is 0 Å². The number of hydrogen-bond acceptors (Lipinski definition) is 3. The molecule has 3 nitrogen and oxygen atoms in total. The van der Waals surface area contributed by atoms with Crippen molar-refractivity contribution in [3.8, 4) is 0 Å². The molecule has 1 aliphatic carbocycles. The SMILES string of the molecule is O[C@@H]1CCN(Cc2ccccc2I)C[C@H]1N1CCC2(CCc3ccccc32)CC1. The molecule has 1 N–H and O–H groups in total. The fraction of sp³-hybridized carbons (Fsp3) is 0.520. The van der Waals surface area contributed by atoms with E-state index in [-0.39, 0.29) is 12.1 Å². The molecule has 4 heteroatoms. The quantitative estimate of drug-likeness (QED) is 0.638. The number of piperidine rings is 2. The zero-order valence-corrected chi connectivity index (χ0v) is 19.2. The van der Waals surface area contributed by atoms with Gasteiger partial charge in [-0.15, -0.1) is 0 Å². The standard InChI is InChI=1S/C25H31IN2O/c26-22-8-4-2-6-20(22)17-27-14-10-24(29)23(18-27)28-15-12-25(13-16-28)11-9-19-5-1-3-7-21(19)25/h1-8,23-24,29H,9-18H2/t23-,24-/m1/s1. The van der Waals surface area contributed by atoms with Gasteiger partial charge in [-0.25, -0.2) is 0 Å². The fourth-order valence-electron chi connectivity index (χ4n) is 5.92. The first-order chi connectivity index (χ1) is 14.1. The average Bonchev–Trinajstić information content (AvgIpc) is 3.10. The Kier molecular flexibility index (Phi) is 5.71. The van der Waals surface area contributed by atoms with Crippen LogP contribution >= 0.6 is 22.6 Å². The van der Waals surface area contributed by atoms with Crippen LogP contribution in [0.3, 0.4) is 0 Å². The number of rotatable bonds is 3. The summed E-state index contributed by atoms with van der Waals surface area (Å²) in [6.07, 6.45) is 5.73. The van der Waals surface area contributed by atoms with Gasteiger partial charge < -0.3 is 5.11 Å². The van der Waals surface area contributed by atoms with Gasteiger partial charge in [-0.2, -0.15) is 0 Å². The Morgan fingerprint density at radius 2 is 1.72 bits per heavy atom. The molecule has 5 rings (SSSR count). The third kappa shape index (κ3) is 3.89. The number of halogens is 1. The fourth-order valence-corrected chi connectivity index (χ4v) is 6.48. The largest absolute Gasteiger partial charge is 0.391 e. The minimum Gasteiger partial charge on any atom is -0.391 e. The molecular weight excluding hydrogens is 471 g/mol. The summed E-state index contributed by atoms with van der Waals surface area (Å²) in [4.78, 5) is 5.14. The molecule has 2 atom stereocenters. The first-order valence-electron chi connectivity index (χ1n) is 11.1. The third-order valence-electron chi connectivity index (χ3n) is 7.67. The minimum absolute atomic E-state index is 0.189. The molecular formula is C25H31IN2O. The maximum absolute atomic E-state index is 10.8. The lowest BCUT2D eigenvalue weighted by atomic mass is 9.73. The van der Waals surface area contributed by atoms with Crippen molar-refractivity contribution in [2.45, 2.75) is 56.2 Å². The second kappa shape index (κ2) is 8.29. The third-order valence-corrected chi connectivity index (χ3v) is 8.72. The van der Waals surface area contributed by atoms with Crippen LogP contribution < -0.4 is 0 Å². The summed E-state index contributed by atoms with van der Waals surface area (Å²) in [7, 11) is 0. The number of fused-ring (bicyclic) bond motifs is 2. The van der Waals surface area contributed by atoms with Crippen LogP contribution in [-0.2, 0) is 18.4 Å². The second-order valence-electron chi connectivity index (χ2n) is 9.22. The predicted molar refractivity (Wildman–Crippen MR) is 126 cm³/mol. The number of nitrogens with zero attached hydrogens (tertiary/aromatic N) is 2. The highest BCUT2D eigenvalue weighted by Gasteiger charge is 2.43. The summed E-state index contributed by atoms with van der Waals surface area (Å²) in [5, 5.41) is 10.8. The van der Waals surface area contributed by atoms with Crippen molar-refractivity contribution >= 4 is 22.6 Å². The summed E-state index contributed by atoms with van der Waals surface area (Å²) in [5.41, 5.74) is 4.99. The first-order valence-corrected chi connectivity index (χ1v) is 12.2. The lowest BCUT2D eigenvalue weighted by Crippen LogP contribution is -2.57. The van der Waals surface area contributed by atoms with E-state index >= 15 is 0 Å². The Morgan fingerprint density at radius 3 is 2.55 bits per heavy atom. The van der Waals surface area contributed by atoms with Crippen LogP contribution in [0, 0.1) is 3.57 Å². The Labute approximate surface area is 188 Å². The normalized spacial score (nSPS) is 27.2. The van der Waals surface area contributed by atoms with Crippen molar-refractivity contribution in [2.75, 3.05) is 26.2 Å². The van der Waals surface area contributed by atoms with E-state index in [2.05, 4.69) is 80.9 Å². The molecule has 29 heavy (non-hydrogen) atoms. The molecule has 3 aliphatic rings. The molecule has 2 fully saturated rings. The lowest BCUT2D eigenvalue weighted by Gasteiger charge is -2.47. The molecule has 0 bridgehead atoms. The molecule has 0 amide bonds. The van der Waals surface area contributed by atoms with Crippen LogP contribution in [-0.4, -0.2) is 53.2 Å². The van der Waals surface area contributed by atoms with E-state index in [0.29, 0.717) is 5.41 Å². The molecule has 0 radical (unpaired) electrons. The summed E-state index contributed by atoms with van der Waals surface area (Å²) in [6.45, 7) is 5.20. The van der Waals surface area contributed by atoms with Crippen LogP contribution in [0.15, 0.2) is 48.5 Å². The van der Waals surface area contributed by atoms with Crippen LogP contribution in [0.4, 0.5) is 0 Å². The van der Waals surface area contributed by atoms with Crippen LogP contribution in [0.5, 0.6) is 0 Å². The number of likely N-dealkylation sites (tertiary alicyclic amines) is 2. The van der Waals surface area contributed by atoms with Gasteiger partial charge >= 0.3 is 0 Å². The van der Waals surface area contributed by atoms with E-state index < -0.39 is 0 Å². The Morgan fingerprint density at radius 1 is 0.966 bits per heavy atom. The highest BCUT2D eigenvalue weighted by atomic mass is 127. The van der Waals surface area contributed by atoms with Crippen molar-refractivity contribution in [3.05, 3.63) is 68.8 Å². The zero-order valence-electron chi connectivity index (χ0n) is 17.1. The van der Waals surface area contributed by atoms with E-state index in [1.807, 2.05) is 0 Å². The molecule has 2 aliphatic heterocycles. The maximum atomic E-state index is 10.8. The smallest absolute Gasteiger partial charge is 0.0720 e. The topological polar surface area (TPSA) is 26.7 Å². The summed E-state index contributed by atoms with van der Waals surface area (Å²) >= 11 is 2.44. The Hall–Kier alpha value is -0.950. The van der Waals surface area contributed by atoms with Gasteiger partial charge in [0.2, 0.25) is 0 Å². The zero-order chi connectivity index (χ0) is 19.8. The minimum atomic E-state index is -0.189. The number of benzene rings is 2. The van der Waals surface area contributed by atoms with Gasteiger partial charge in [0.15, 0.2) is 0 Å². The van der Waals surface area contributed by atoms with Gasteiger partial charge in [0.1, 0.15) is 0 Å². The number of aryl methyl sites for hydroxylation is 1. The van der Waals surface area contributed by atoms with E-state index in [0.717, 1.165) is 39.1 Å². The van der Waals surface area contributed by atoms with Gasteiger partial charge in [-0.1, -0.05) is 42.5 Å². The second-order valence-corrected chi connectivity index (χ2v) is 10.4. The number of hydrogen-bond donors (Lipinski definition) is 1. The van der Waals surface area contributed by atoms with E-state index in [1.54, 1.807) is 11.1 Å². The van der Waals surface area contributed by atoms with Crippen LogP contribution in [0.2, 0.25) is 0 Å². The van der Waals surface area contributed by atoms with Crippen molar-refractivity contribution in [2.24, 2.45) is 0 Å². The van der Waals surface area contributed by atoms with Crippen molar-refractivity contribution in [1.82, 2.24) is 9.80 Å². The molecule has 0 aromatic heterocycles. The number of aliphatic hydroxyl groups is 1. The highest BCUT2D eigenvalue weighted by Crippen LogP contribution is 2.46. The van der Waals surface area contributed by atoms with E-state index in [9.17, 15) is 5.11 Å². The van der Waals surface area contributed by atoms with Crippen molar-refractivity contribution in [1.29, 1.82) is 0 Å². The van der Waals surface area contributed by atoms with Gasteiger partial charge in [0, 0.05) is 29.2 Å². The molecule has 0 saturated carbocycles. The Balaban J connectivity index is 1.25. The molecule has 2 saturated heterocycles. The van der Waals surface area contributed by atoms with Gasteiger partial charge in [0.25, 0.3) is 0 Å². The van der Waals surface area contributed by atoms with E-state index in [1.165, 1.54) is 34.8 Å². The molecule has 2 aromatic carbocycles. The van der Waals surface area contributed by atoms with Crippen LogP contribution in [0.1, 0.15) is 42.4 Å². The van der Waals surface area contributed by atoms with E-state index in [4.69, 9.17) is 0 Å². The molecule has 2 aromatic rings. The molecule has 2 heterocycles.